The molecule has 0 unspecified atom stereocenters. The molecule has 0 amide bonds. The van der Waals surface area contributed by atoms with Crippen LogP contribution >= 0.6 is 0 Å². The highest BCUT2D eigenvalue weighted by molar-refractivity contribution is 4.70. The van der Waals surface area contributed by atoms with Gasteiger partial charge < -0.3 is 15.4 Å². The first-order valence-corrected chi connectivity index (χ1v) is 5.20. The van der Waals surface area contributed by atoms with Crippen LogP contribution in [0, 0.1) is 0 Å². The average molecular weight is 186 g/mol. The van der Waals surface area contributed by atoms with E-state index >= 15 is 0 Å². The number of rotatable bonds is 5. The maximum absolute atomic E-state index is 5.67. The zero-order chi connectivity index (χ0) is 9.73. The van der Waals surface area contributed by atoms with Crippen molar-refractivity contribution in [3.05, 3.63) is 0 Å². The number of nitrogens with two attached hydrogens (primary N) is 1. The Morgan fingerprint density at radius 2 is 1.92 bits per heavy atom. The molecule has 1 rings (SSSR count). The molecule has 1 aliphatic rings. The van der Waals surface area contributed by atoms with Gasteiger partial charge in [-0.25, -0.2) is 0 Å². The van der Waals surface area contributed by atoms with Crippen LogP contribution in [0.3, 0.4) is 0 Å². The lowest BCUT2D eigenvalue weighted by molar-refractivity contribution is -0.0178. The lowest BCUT2D eigenvalue weighted by Crippen LogP contribution is -2.36. The average Bonchev–Trinajstić information content (AvgIpc) is 2.57. The third kappa shape index (κ3) is 4.07. The van der Waals surface area contributed by atoms with E-state index in [0.29, 0.717) is 6.54 Å². The van der Waals surface area contributed by atoms with E-state index in [-0.39, 0.29) is 5.60 Å². The van der Waals surface area contributed by atoms with Crippen molar-refractivity contribution in [2.24, 2.45) is 5.73 Å². The Hall–Kier alpha value is -0.120. The van der Waals surface area contributed by atoms with E-state index in [1.807, 2.05) is 13.8 Å². The van der Waals surface area contributed by atoms with Gasteiger partial charge in [0.15, 0.2) is 0 Å². The maximum atomic E-state index is 5.67. The Morgan fingerprint density at radius 1 is 1.31 bits per heavy atom. The molecule has 1 aliphatic heterocycles. The molecule has 0 spiro atoms. The zero-order valence-corrected chi connectivity index (χ0v) is 8.88. The van der Waals surface area contributed by atoms with Gasteiger partial charge in [-0.05, 0) is 39.8 Å². The fourth-order valence-corrected chi connectivity index (χ4v) is 1.52. The number of hydrogen-bond donors (Lipinski definition) is 1. The first-order valence-electron chi connectivity index (χ1n) is 5.20. The second-order valence-corrected chi connectivity index (χ2v) is 4.36. The Morgan fingerprint density at radius 3 is 2.46 bits per heavy atom. The Balaban J connectivity index is 2.06. The van der Waals surface area contributed by atoms with Crippen LogP contribution in [0.1, 0.15) is 26.7 Å². The summed E-state index contributed by atoms with van der Waals surface area (Å²) < 4.78 is 5.67. The molecule has 0 bridgehead atoms. The minimum absolute atomic E-state index is 0.153. The van der Waals surface area contributed by atoms with Crippen LogP contribution in [-0.2, 0) is 4.74 Å². The van der Waals surface area contributed by atoms with Gasteiger partial charge >= 0.3 is 0 Å². The van der Waals surface area contributed by atoms with E-state index in [4.69, 9.17) is 10.5 Å². The van der Waals surface area contributed by atoms with Crippen molar-refractivity contribution in [1.82, 2.24) is 4.90 Å². The van der Waals surface area contributed by atoms with E-state index in [1.54, 1.807) is 0 Å². The molecular weight excluding hydrogens is 164 g/mol. The Bertz CT molecular complexity index is 142. The third-order valence-electron chi connectivity index (χ3n) is 2.59. The van der Waals surface area contributed by atoms with Crippen molar-refractivity contribution in [2.45, 2.75) is 32.3 Å². The van der Waals surface area contributed by atoms with Gasteiger partial charge in [-0.2, -0.15) is 0 Å². The summed E-state index contributed by atoms with van der Waals surface area (Å²) in [6.07, 6.45) is 2.70. The van der Waals surface area contributed by atoms with E-state index in [9.17, 15) is 0 Å². The molecule has 3 nitrogen and oxygen atoms in total. The molecule has 78 valence electrons. The fraction of sp³-hybridized carbons (Fsp3) is 1.00. The van der Waals surface area contributed by atoms with Crippen molar-refractivity contribution >= 4 is 0 Å². The van der Waals surface area contributed by atoms with Crippen LogP contribution in [0.2, 0.25) is 0 Å². The topological polar surface area (TPSA) is 38.5 Å². The van der Waals surface area contributed by atoms with E-state index < -0.39 is 0 Å². The fourth-order valence-electron chi connectivity index (χ4n) is 1.52. The van der Waals surface area contributed by atoms with Crippen LogP contribution in [0.25, 0.3) is 0 Å². The molecule has 1 heterocycles. The van der Waals surface area contributed by atoms with Crippen molar-refractivity contribution < 1.29 is 4.74 Å². The smallest absolute Gasteiger partial charge is 0.0748 e. The molecule has 0 aliphatic carbocycles. The molecule has 0 aromatic rings. The van der Waals surface area contributed by atoms with Gasteiger partial charge in [0.25, 0.3) is 0 Å². The third-order valence-corrected chi connectivity index (χ3v) is 2.59. The summed E-state index contributed by atoms with van der Waals surface area (Å²) >= 11 is 0. The first kappa shape index (κ1) is 11.0. The quantitative estimate of drug-likeness (QED) is 0.691. The van der Waals surface area contributed by atoms with Gasteiger partial charge in [0.2, 0.25) is 0 Å². The molecule has 0 radical (unpaired) electrons. The van der Waals surface area contributed by atoms with E-state index in [1.165, 1.54) is 25.9 Å². The SMILES string of the molecule is CC(C)(CN)OCCN1CCCC1. The summed E-state index contributed by atoms with van der Waals surface area (Å²) in [5.74, 6) is 0. The molecule has 13 heavy (non-hydrogen) atoms. The highest BCUT2D eigenvalue weighted by atomic mass is 16.5. The van der Waals surface area contributed by atoms with Crippen LogP contribution in [0.5, 0.6) is 0 Å². The zero-order valence-electron chi connectivity index (χ0n) is 8.88. The molecule has 0 atom stereocenters. The predicted octanol–water partition coefficient (Wildman–Crippen LogP) is 0.836. The molecular formula is C10H22N2O. The minimum Gasteiger partial charge on any atom is -0.373 e. The highest BCUT2D eigenvalue weighted by Gasteiger charge is 2.17. The monoisotopic (exact) mass is 186 g/mol. The van der Waals surface area contributed by atoms with Crippen LogP contribution in [0.15, 0.2) is 0 Å². The minimum atomic E-state index is -0.153. The summed E-state index contributed by atoms with van der Waals surface area (Å²) in [6.45, 7) is 9.02. The van der Waals surface area contributed by atoms with Gasteiger partial charge in [0.05, 0.1) is 12.2 Å². The van der Waals surface area contributed by atoms with Gasteiger partial charge in [-0.3, -0.25) is 0 Å². The number of ether oxygens (including phenoxy) is 1. The highest BCUT2D eigenvalue weighted by Crippen LogP contribution is 2.09. The van der Waals surface area contributed by atoms with E-state index in [0.717, 1.165) is 13.2 Å². The standard InChI is InChI=1S/C10H22N2O/c1-10(2,9-11)13-8-7-12-5-3-4-6-12/h3-9,11H2,1-2H3. The van der Waals surface area contributed by atoms with Gasteiger partial charge in [0.1, 0.15) is 0 Å². The molecule has 0 saturated carbocycles. The molecule has 0 aromatic heterocycles. The molecule has 3 heteroatoms. The molecule has 0 aromatic carbocycles. The van der Waals surface area contributed by atoms with Gasteiger partial charge in [0, 0.05) is 13.1 Å². The second-order valence-electron chi connectivity index (χ2n) is 4.36. The second kappa shape index (κ2) is 4.94. The number of nitrogens with zero attached hydrogens (tertiary/aromatic N) is 1. The Labute approximate surface area is 81.2 Å². The maximum Gasteiger partial charge on any atom is 0.0748 e. The molecule has 2 N–H and O–H groups in total. The van der Waals surface area contributed by atoms with Crippen molar-refractivity contribution in [3.8, 4) is 0 Å². The van der Waals surface area contributed by atoms with Gasteiger partial charge in [-0.1, -0.05) is 0 Å². The van der Waals surface area contributed by atoms with Crippen LogP contribution in [0.4, 0.5) is 0 Å². The normalized spacial score (nSPS) is 19.6. The van der Waals surface area contributed by atoms with Crippen molar-refractivity contribution in [2.75, 3.05) is 32.8 Å². The molecule has 1 fully saturated rings. The van der Waals surface area contributed by atoms with Crippen LogP contribution < -0.4 is 5.73 Å². The van der Waals surface area contributed by atoms with Crippen molar-refractivity contribution in [3.63, 3.8) is 0 Å². The number of hydrogen-bond acceptors (Lipinski definition) is 3. The Kier molecular flexibility index (Phi) is 4.16. The van der Waals surface area contributed by atoms with Gasteiger partial charge in [-0.15, -0.1) is 0 Å². The van der Waals surface area contributed by atoms with Crippen LogP contribution in [-0.4, -0.2) is 43.3 Å². The number of likely N-dealkylation sites (tertiary alicyclic amines) is 1. The summed E-state index contributed by atoms with van der Waals surface area (Å²) in [7, 11) is 0. The van der Waals surface area contributed by atoms with E-state index in [2.05, 4.69) is 4.90 Å². The first-order chi connectivity index (χ1) is 6.14. The summed E-state index contributed by atoms with van der Waals surface area (Å²) in [6, 6.07) is 0. The summed E-state index contributed by atoms with van der Waals surface area (Å²) in [5, 5.41) is 0. The lowest BCUT2D eigenvalue weighted by Gasteiger charge is -2.25. The summed E-state index contributed by atoms with van der Waals surface area (Å²) in [5.41, 5.74) is 5.41. The predicted molar refractivity (Wildman–Crippen MR) is 54.8 cm³/mol. The molecule has 1 saturated heterocycles. The summed E-state index contributed by atoms with van der Waals surface area (Å²) in [4.78, 5) is 2.45. The van der Waals surface area contributed by atoms with Crippen molar-refractivity contribution in [1.29, 1.82) is 0 Å². The lowest BCUT2D eigenvalue weighted by atomic mass is 10.1. The largest absolute Gasteiger partial charge is 0.373 e.